The van der Waals surface area contributed by atoms with Gasteiger partial charge in [0, 0.05) is 77.0 Å². The minimum absolute atomic E-state index is 0.101. The predicted molar refractivity (Wildman–Crippen MR) is 341 cm³/mol. The molecule has 0 radical (unpaired) electrons. The van der Waals surface area contributed by atoms with Gasteiger partial charge in [-0.05, 0) is 62.1 Å². The molecule has 0 amide bonds. The minimum Gasteiger partial charge on any atom is -0.394 e. The first-order chi connectivity index (χ1) is 45.7. The molecule has 3 unspecified atom stereocenters. The third-order valence-corrected chi connectivity index (χ3v) is 17.8. The van der Waals surface area contributed by atoms with E-state index >= 15 is 0 Å². The number of alkyl halides is 2. The van der Waals surface area contributed by atoms with Crippen molar-refractivity contribution in [1.29, 1.82) is 0 Å². The van der Waals surface area contributed by atoms with Crippen molar-refractivity contribution >= 4 is 16.6 Å². The van der Waals surface area contributed by atoms with Gasteiger partial charge in [0.05, 0.1) is 207 Å². The molecule has 6 N–H and O–H groups in total. The minimum atomic E-state index is -2.62. The number of nitrogens with zero attached hydrogens (tertiary/aromatic N) is 21. The van der Waals surface area contributed by atoms with Crippen LogP contribution in [0.3, 0.4) is 0 Å². The lowest BCUT2D eigenvalue weighted by Crippen LogP contribution is -2.19. The van der Waals surface area contributed by atoms with Gasteiger partial charge < -0.3 is 30.6 Å². The van der Waals surface area contributed by atoms with E-state index in [4.69, 9.17) is 30.3 Å². The molecule has 0 spiro atoms. The molecule has 15 rings (SSSR count). The zero-order valence-electron chi connectivity index (χ0n) is 52.5. The second kappa shape index (κ2) is 27.4. The number of fused-ring (bicyclic) bond motifs is 3. The van der Waals surface area contributed by atoms with Gasteiger partial charge in [-0.15, -0.1) is 0 Å². The monoisotopic (exact) mass is 1290 g/mol. The lowest BCUT2D eigenvalue weighted by atomic mass is 10.1. The first-order valence-corrected chi connectivity index (χ1v) is 32.2. The van der Waals surface area contributed by atoms with Crippen molar-refractivity contribution in [2.45, 2.75) is 147 Å². The maximum absolute atomic E-state index is 13.7. The summed E-state index contributed by atoms with van der Waals surface area (Å²) >= 11 is 0. The molecule has 12 heterocycles. The summed E-state index contributed by atoms with van der Waals surface area (Å²) in [6, 6.07) is 6.21. The van der Waals surface area contributed by atoms with E-state index in [9.17, 15) is 24.1 Å². The molecular weight excluding hydrogens is 1210 g/mol. The Balaban J connectivity index is 0.000000128. The Morgan fingerprint density at radius 3 is 1.07 bits per heavy atom. The van der Waals surface area contributed by atoms with E-state index in [1.54, 1.807) is 80.5 Å². The summed E-state index contributed by atoms with van der Waals surface area (Å²) in [7, 11) is 0. The highest BCUT2D eigenvalue weighted by molar-refractivity contribution is 5.80. The summed E-state index contributed by atoms with van der Waals surface area (Å²) in [6.07, 6.45) is 40.2. The van der Waals surface area contributed by atoms with E-state index < -0.39 is 30.2 Å². The molecule has 0 bridgehead atoms. The molecule has 492 valence electrons. The van der Waals surface area contributed by atoms with Crippen LogP contribution in [0.4, 0.5) is 8.78 Å². The molecule has 7 atom stereocenters. The fourth-order valence-corrected chi connectivity index (χ4v) is 12.1. The quantitative estimate of drug-likeness (QED) is 0.0305. The van der Waals surface area contributed by atoms with Crippen molar-refractivity contribution in [3.05, 3.63) is 130 Å². The van der Waals surface area contributed by atoms with Crippen molar-refractivity contribution < 1.29 is 39.4 Å². The molecule has 3 fully saturated rings. The topological polar surface area (TPSA) is 319 Å². The Hall–Kier alpha value is -9.26. The molecular formula is C65H77F2N21O6. The smallest absolute Gasteiger partial charge is 0.253 e. The first-order valence-electron chi connectivity index (χ1n) is 32.2. The molecule has 3 aliphatic carbocycles. The summed E-state index contributed by atoms with van der Waals surface area (Å²) in [6.45, 7) is 5.96. The number of aliphatic hydroxyl groups is 6. The van der Waals surface area contributed by atoms with Gasteiger partial charge in [0.25, 0.3) is 5.92 Å². The molecule has 27 nitrogen and oxygen atoms in total. The molecule has 3 saturated carbocycles. The second-order valence-electron chi connectivity index (χ2n) is 24.9. The van der Waals surface area contributed by atoms with Crippen molar-refractivity contribution in [3.8, 4) is 67.5 Å². The van der Waals surface area contributed by atoms with Crippen molar-refractivity contribution in [2.75, 3.05) is 19.8 Å². The number of aliphatic hydroxyl groups excluding tert-OH is 6. The molecule has 94 heavy (non-hydrogen) atoms. The van der Waals surface area contributed by atoms with E-state index in [1.165, 1.54) is 43.2 Å². The molecule has 0 aliphatic heterocycles. The fourth-order valence-electron chi connectivity index (χ4n) is 12.1. The van der Waals surface area contributed by atoms with Crippen LogP contribution in [0.1, 0.15) is 103 Å². The van der Waals surface area contributed by atoms with Crippen molar-refractivity contribution in [3.63, 3.8) is 0 Å². The highest BCUT2D eigenvalue weighted by Crippen LogP contribution is 2.55. The first kappa shape index (κ1) is 63.5. The van der Waals surface area contributed by atoms with E-state index in [0.717, 1.165) is 86.3 Å². The van der Waals surface area contributed by atoms with Gasteiger partial charge >= 0.3 is 0 Å². The Labute approximate surface area is 538 Å². The molecule has 3 aliphatic rings. The third-order valence-electron chi connectivity index (χ3n) is 17.8. The summed E-state index contributed by atoms with van der Waals surface area (Å²) in [5.41, 5.74) is 11.9. The van der Waals surface area contributed by atoms with Gasteiger partial charge in [-0.2, -0.15) is 45.9 Å². The largest absolute Gasteiger partial charge is 0.394 e. The summed E-state index contributed by atoms with van der Waals surface area (Å²) < 4.78 is 43.2. The van der Waals surface area contributed by atoms with Gasteiger partial charge in [0.1, 0.15) is 0 Å². The van der Waals surface area contributed by atoms with Gasteiger partial charge in [0.2, 0.25) is 0 Å². The van der Waals surface area contributed by atoms with E-state index in [1.807, 2.05) is 71.3 Å². The van der Waals surface area contributed by atoms with Crippen LogP contribution in [-0.4, -0.2) is 177 Å². The summed E-state index contributed by atoms with van der Waals surface area (Å²) in [5.74, 6) is -1.61. The molecule has 12 aromatic heterocycles. The van der Waals surface area contributed by atoms with Crippen LogP contribution in [-0.2, 0) is 19.6 Å². The Bertz CT molecular complexity index is 4300. The molecule has 29 heteroatoms. The molecule has 12 aromatic rings. The van der Waals surface area contributed by atoms with Crippen LogP contribution in [0.25, 0.3) is 84.1 Å². The fraction of sp³-hybridized carbons (Fsp3) is 0.446. The van der Waals surface area contributed by atoms with Gasteiger partial charge in [-0.1, -0.05) is 46.5 Å². The average molecular weight is 1290 g/mol. The van der Waals surface area contributed by atoms with Crippen molar-refractivity contribution in [1.82, 2.24) is 102 Å². The van der Waals surface area contributed by atoms with Gasteiger partial charge in [0.15, 0.2) is 0 Å². The maximum Gasteiger partial charge on any atom is 0.253 e. The zero-order chi connectivity index (χ0) is 65.2. The number of rotatable bonds is 26. The van der Waals surface area contributed by atoms with E-state index in [0.29, 0.717) is 41.0 Å². The van der Waals surface area contributed by atoms with Gasteiger partial charge in [-0.25, -0.2) is 37.3 Å². The standard InChI is InChI=1S/2C22H27N7O2.C21H23F2N7O2/c2*1-2-18(7-15-3-4-15)28-11-17(9-25-28)22-21-5-6-23-29(21)13-20(26-22)16-8-24-27(10-16)12-19(31)14-30;1-2-18(16-5-21(16,22)23)29-9-14(7-26-29)20-19-3-4-24-30(19)11-17(27-20)13-6-25-28(8-13)10-15(32)12-31/h2*5-6,8-11,13,15,18-19,30-31H,2-4,7,12,14H2,1H3;3-4,6-9,11,15-16,18,31-32H,2,5,10,12H2,1H3/t2*18?,19-;15-,16+,18?/m111/s1. The van der Waals surface area contributed by atoms with Crippen LogP contribution in [0.15, 0.2) is 130 Å². The number of halogens is 2. The maximum atomic E-state index is 13.7. The van der Waals surface area contributed by atoms with Crippen LogP contribution in [0.2, 0.25) is 0 Å². The van der Waals surface area contributed by atoms with Gasteiger partial charge in [-0.3, -0.25) is 28.1 Å². The summed E-state index contributed by atoms with van der Waals surface area (Å²) in [5, 5.41) is 95.8. The van der Waals surface area contributed by atoms with Crippen LogP contribution in [0, 0.1) is 17.8 Å². The Morgan fingerprint density at radius 1 is 0.436 bits per heavy atom. The lowest BCUT2D eigenvalue weighted by molar-refractivity contribution is 0.0782. The normalized spacial score (nSPS) is 17.2. The third kappa shape index (κ3) is 14.1. The second-order valence-corrected chi connectivity index (χ2v) is 24.9. The zero-order valence-corrected chi connectivity index (χ0v) is 52.5. The van der Waals surface area contributed by atoms with Crippen LogP contribution in [0.5, 0.6) is 0 Å². The average Bonchev–Trinajstić information content (AvgIpc) is 1.55. The highest BCUT2D eigenvalue weighted by Gasteiger charge is 2.60. The van der Waals surface area contributed by atoms with Crippen LogP contribution >= 0.6 is 0 Å². The lowest BCUT2D eigenvalue weighted by Gasteiger charge is -2.14. The number of hydrogen-bond donors (Lipinski definition) is 6. The Kier molecular flexibility index (Phi) is 18.5. The SMILES string of the molecule is CCC(CC1CC1)n1cc(-c2nc(-c3cnn(C[C@@H](O)CO)c3)cn3nccc23)cn1.CCC(CC1CC1)n1cc(-c2nc(-c3cnn(C[C@@H](O)CO)c3)cn3nccc23)cn1.CCC([C@@H]1CC1(F)F)n1cc(-c2nc(-c3cnn(C[C@@H](O)CO)c3)cn3nccc23)cn1. The Morgan fingerprint density at radius 2 is 0.766 bits per heavy atom. The van der Waals surface area contributed by atoms with E-state index in [-0.39, 0.29) is 51.9 Å². The number of aromatic nitrogens is 21. The van der Waals surface area contributed by atoms with Crippen LogP contribution < -0.4 is 0 Å². The highest BCUT2D eigenvalue weighted by atomic mass is 19.3. The summed E-state index contributed by atoms with van der Waals surface area (Å²) in [4.78, 5) is 14.6. The predicted octanol–water partition coefficient (Wildman–Crippen LogP) is 7.54. The molecule has 0 aromatic carbocycles. The number of hydrogen-bond acceptors (Lipinski definition) is 18. The molecule has 0 saturated heterocycles. The van der Waals surface area contributed by atoms with E-state index in [2.05, 4.69) is 81.5 Å². The van der Waals surface area contributed by atoms with Crippen molar-refractivity contribution in [2.24, 2.45) is 17.8 Å².